The second-order valence-electron chi connectivity index (χ2n) is 15.5. The molecule has 0 spiro atoms. The SMILES string of the molecule is CC(=O)O[C@H]1C(=O)[C@]2(C)C(F)CC3OC[C@@]3(OC(C)=O)C2[C@H](OC(=O)c2ccccc2)[C@]2(O)CC(OC(=O)C(O)[C@@H](N)c3ccccc3)C(C)=C1C2(C)C. The van der Waals surface area contributed by atoms with Crippen LogP contribution in [-0.2, 0) is 42.9 Å². The lowest BCUT2D eigenvalue weighted by Gasteiger charge is -2.67. The van der Waals surface area contributed by atoms with Crippen LogP contribution in [0.4, 0.5) is 4.39 Å². The summed E-state index contributed by atoms with van der Waals surface area (Å²) in [5.41, 5.74) is -1.16. The van der Waals surface area contributed by atoms with E-state index < -0.39 is 113 Å². The molecule has 13 nitrogen and oxygen atoms in total. The van der Waals surface area contributed by atoms with Crippen LogP contribution in [0.2, 0.25) is 0 Å². The lowest BCUT2D eigenvalue weighted by molar-refractivity contribution is -0.341. The van der Waals surface area contributed by atoms with Crippen molar-refractivity contribution in [2.24, 2.45) is 22.5 Å². The van der Waals surface area contributed by atoms with Gasteiger partial charge in [0.2, 0.25) is 0 Å². The number of aliphatic hydroxyl groups is 2. The standard InChI is InChI=1S/C40H46FNO12/c1-20-25(52-36(48)30(45)29(42)23-13-9-7-10-14-23)18-40(49)34(53-35(47)24-15-11-8-12-16-24)32-38(6,26(41)17-27-39(32,19-50-27)54-22(3)44)33(46)31(51-21(2)43)28(20)37(40,4)5/h7-16,25-27,29-32,34,45,49H,17-19,42H2,1-6H3/t25?,26?,27?,29-,30?,31+,32?,34-,38+,39-,40+/m0/s1. The fourth-order valence-electron chi connectivity index (χ4n) is 9.19. The Kier molecular flexibility index (Phi) is 10.1. The van der Waals surface area contributed by atoms with Crippen LogP contribution in [0.15, 0.2) is 71.8 Å². The minimum atomic E-state index is -2.38. The van der Waals surface area contributed by atoms with E-state index >= 15 is 9.18 Å². The van der Waals surface area contributed by atoms with Crippen LogP contribution in [0, 0.1) is 16.7 Å². The molecule has 1 aliphatic heterocycles. The number of halogens is 1. The molecule has 2 saturated carbocycles. The zero-order valence-electron chi connectivity index (χ0n) is 30.9. The van der Waals surface area contributed by atoms with Gasteiger partial charge < -0.3 is 39.6 Å². The summed E-state index contributed by atoms with van der Waals surface area (Å²) in [6.45, 7) is 7.75. The van der Waals surface area contributed by atoms with E-state index in [1.54, 1.807) is 62.4 Å². The molecule has 11 atom stereocenters. The van der Waals surface area contributed by atoms with Crippen molar-refractivity contribution in [3.05, 3.63) is 82.9 Å². The molecule has 1 saturated heterocycles. The first-order valence-electron chi connectivity index (χ1n) is 17.9. The molecule has 5 unspecified atom stereocenters. The number of alkyl halides is 1. The fraction of sp³-hybridized carbons (Fsp3) is 0.525. The molecule has 1 heterocycles. The topological polar surface area (TPSA) is 198 Å². The molecule has 14 heteroatoms. The second kappa shape index (κ2) is 14.0. The Balaban J connectivity index is 1.58. The number of ketones is 1. The first-order chi connectivity index (χ1) is 25.3. The molecule has 0 amide bonds. The largest absolute Gasteiger partial charge is 0.456 e. The monoisotopic (exact) mass is 751 g/mol. The first kappa shape index (κ1) is 39.2. The van der Waals surface area contributed by atoms with Gasteiger partial charge in [-0.1, -0.05) is 62.4 Å². The van der Waals surface area contributed by atoms with Gasteiger partial charge in [0.1, 0.15) is 30.1 Å². The lowest BCUT2D eigenvalue weighted by atomic mass is 9.45. The van der Waals surface area contributed by atoms with E-state index in [0.717, 1.165) is 13.8 Å². The molecule has 2 aromatic carbocycles. The highest BCUT2D eigenvalue weighted by atomic mass is 19.1. The summed E-state index contributed by atoms with van der Waals surface area (Å²) in [7, 11) is 0. The Bertz CT molecular complexity index is 1870. The van der Waals surface area contributed by atoms with Crippen molar-refractivity contribution in [3.63, 3.8) is 0 Å². The Morgan fingerprint density at radius 2 is 1.56 bits per heavy atom. The number of carbonyl (C=O) groups is 5. The van der Waals surface area contributed by atoms with Crippen LogP contribution < -0.4 is 5.73 Å². The molecule has 54 heavy (non-hydrogen) atoms. The molecule has 2 aromatic rings. The molecule has 290 valence electrons. The second-order valence-corrected chi connectivity index (χ2v) is 15.5. The molecule has 0 aromatic heterocycles. The van der Waals surface area contributed by atoms with Crippen molar-refractivity contribution in [2.45, 2.75) is 108 Å². The minimum absolute atomic E-state index is 0.0164. The molecule has 4 N–H and O–H groups in total. The summed E-state index contributed by atoms with van der Waals surface area (Å²) in [5.74, 6) is -6.41. The van der Waals surface area contributed by atoms with Crippen molar-refractivity contribution in [1.29, 1.82) is 0 Å². The van der Waals surface area contributed by atoms with E-state index in [2.05, 4.69) is 0 Å². The quantitative estimate of drug-likeness (QED) is 0.202. The summed E-state index contributed by atoms with van der Waals surface area (Å²) < 4.78 is 46.6. The molecular formula is C40H46FNO12. The van der Waals surface area contributed by atoms with Gasteiger partial charge in [-0.25, -0.2) is 14.0 Å². The summed E-state index contributed by atoms with van der Waals surface area (Å²) >= 11 is 0. The average molecular weight is 752 g/mol. The number of aliphatic hydroxyl groups excluding tert-OH is 1. The minimum Gasteiger partial charge on any atom is -0.456 e. The molecule has 4 aliphatic rings. The van der Waals surface area contributed by atoms with E-state index in [-0.39, 0.29) is 23.3 Å². The summed E-state index contributed by atoms with van der Waals surface area (Å²) in [6.07, 6.45) is -11.1. The van der Waals surface area contributed by atoms with Gasteiger partial charge >= 0.3 is 23.9 Å². The summed E-state index contributed by atoms with van der Waals surface area (Å²) in [6, 6.07) is 14.9. The van der Waals surface area contributed by atoms with Crippen LogP contribution in [0.1, 0.15) is 76.3 Å². The van der Waals surface area contributed by atoms with Gasteiger partial charge in [0.25, 0.3) is 0 Å². The van der Waals surface area contributed by atoms with E-state index in [1.807, 2.05) is 0 Å². The highest BCUT2D eigenvalue weighted by Gasteiger charge is 2.78. The maximum Gasteiger partial charge on any atom is 0.338 e. The number of rotatable bonds is 8. The Morgan fingerprint density at radius 1 is 0.944 bits per heavy atom. The molecular weight excluding hydrogens is 705 g/mol. The smallest absolute Gasteiger partial charge is 0.338 e. The van der Waals surface area contributed by atoms with Gasteiger partial charge in [-0.15, -0.1) is 0 Å². The van der Waals surface area contributed by atoms with E-state index in [9.17, 15) is 29.4 Å². The third kappa shape index (κ3) is 6.03. The number of carbonyl (C=O) groups excluding carboxylic acids is 5. The molecule has 0 radical (unpaired) electrons. The van der Waals surface area contributed by atoms with Gasteiger partial charge in [0, 0.05) is 32.1 Å². The number of ether oxygens (including phenoxy) is 5. The summed E-state index contributed by atoms with van der Waals surface area (Å²) in [4.78, 5) is 68.5. The van der Waals surface area contributed by atoms with Gasteiger partial charge in [0.05, 0.1) is 29.5 Å². The number of esters is 4. The predicted octanol–water partition coefficient (Wildman–Crippen LogP) is 3.24. The van der Waals surface area contributed by atoms with Crippen molar-refractivity contribution in [1.82, 2.24) is 0 Å². The van der Waals surface area contributed by atoms with Crippen molar-refractivity contribution < 1.29 is 62.3 Å². The van der Waals surface area contributed by atoms with E-state index in [4.69, 9.17) is 29.4 Å². The van der Waals surface area contributed by atoms with Crippen LogP contribution in [0.3, 0.4) is 0 Å². The normalized spacial score (nSPS) is 35.0. The highest BCUT2D eigenvalue weighted by Crippen LogP contribution is 2.65. The van der Waals surface area contributed by atoms with Gasteiger partial charge in [-0.2, -0.15) is 0 Å². The van der Waals surface area contributed by atoms with E-state index in [0.29, 0.717) is 5.56 Å². The Labute approximate surface area is 311 Å². The zero-order chi connectivity index (χ0) is 39.5. The molecule has 6 rings (SSSR count). The zero-order valence-corrected chi connectivity index (χ0v) is 30.9. The van der Waals surface area contributed by atoms with Crippen LogP contribution in [-0.4, -0.2) is 94.4 Å². The molecule has 3 aliphatic carbocycles. The molecule has 2 bridgehead atoms. The number of Topliss-reactive ketones (excluding diaryl/α,β-unsaturated/α-hetero) is 1. The first-order valence-corrected chi connectivity index (χ1v) is 17.9. The maximum atomic E-state index is 17.0. The highest BCUT2D eigenvalue weighted by molar-refractivity contribution is 5.95. The van der Waals surface area contributed by atoms with E-state index in [1.165, 1.54) is 26.0 Å². The predicted molar refractivity (Wildman–Crippen MR) is 187 cm³/mol. The third-order valence-electron chi connectivity index (χ3n) is 12.1. The Hall–Kier alpha value is -4.50. The Morgan fingerprint density at radius 3 is 2.11 bits per heavy atom. The maximum absolute atomic E-state index is 17.0. The van der Waals surface area contributed by atoms with Crippen molar-refractivity contribution in [3.8, 4) is 0 Å². The van der Waals surface area contributed by atoms with Crippen LogP contribution >= 0.6 is 0 Å². The third-order valence-corrected chi connectivity index (χ3v) is 12.1. The van der Waals surface area contributed by atoms with Crippen molar-refractivity contribution >= 4 is 29.7 Å². The number of hydrogen-bond donors (Lipinski definition) is 3. The number of benzene rings is 2. The number of fused-ring (bicyclic) bond motifs is 5. The van der Waals surface area contributed by atoms with Crippen LogP contribution in [0.25, 0.3) is 0 Å². The lowest BCUT2D eigenvalue weighted by Crippen LogP contribution is -2.81. The van der Waals surface area contributed by atoms with Gasteiger partial charge in [-0.05, 0) is 42.7 Å². The number of nitrogens with two attached hydrogens (primary N) is 1. The van der Waals surface area contributed by atoms with Gasteiger partial charge in [0.15, 0.2) is 23.6 Å². The fourth-order valence-corrected chi connectivity index (χ4v) is 9.19. The molecule has 3 fully saturated rings. The number of hydrogen-bond acceptors (Lipinski definition) is 13. The average Bonchev–Trinajstić information content (AvgIpc) is 3.12. The van der Waals surface area contributed by atoms with Gasteiger partial charge in [-0.3, -0.25) is 14.4 Å². The summed E-state index contributed by atoms with van der Waals surface area (Å²) in [5, 5.41) is 24.5. The van der Waals surface area contributed by atoms with Crippen molar-refractivity contribution in [2.75, 3.05) is 6.61 Å². The van der Waals surface area contributed by atoms with Crippen LogP contribution in [0.5, 0.6) is 0 Å².